The summed E-state index contributed by atoms with van der Waals surface area (Å²) in [5.41, 5.74) is 2.39. The van der Waals surface area contributed by atoms with Crippen LogP contribution in [0, 0.1) is 6.92 Å². The van der Waals surface area contributed by atoms with Gasteiger partial charge in [0.15, 0.2) is 5.96 Å². The van der Waals surface area contributed by atoms with E-state index in [1.807, 2.05) is 6.92 Å². The number of benzene rings is 1. The molecule has 0 saturated heterocycles. The van der Waals surface area contributed by atoms with E-state index in [1.54, 1.807) is 21.3 Å². The molecule has 1 rings (SSSR count). The zero-order valence-electron chi connectivity index (χ0n) is 14.1. The molecule has 0 amide bonds. The maximum atomic E-state index is 5.34. The van der Waals surface area contributed by atoms with Crippen molar-refractivity contribution in [3.05, 3.63) is 29.3 Å². The Labute approximate surface area is 150 Å². The van der Waals surface area contributed by atoms with Crippen LogP contribution in [-0.4, -0.2) is 46.4 Å². The smallest absolute Gasteiger partial charge is 0.191 e. The van der Waals surface area contributed by atoms with Crippen molar-refractivity contribution in [1.29, 1.82) is 0 Å². The van der Waals surface area contributed by atoms with Gasteiger partial charge in [-0.15, -0.1) is 24.0 Å². The number of aryl methyl sites for hydroxylation is 1. The number of hydrogen-bond donors (Lipinski definition) is 2. The van der Waals surface area contributed by atoms with E-state index in [4.69, 9.17) is 9.47 Å². The lowest BCUT2D eigenvalue weighted by molar-refractivity contribution is 0.179. The van der Waals surface area contributed by atoms with Crippen molar-refractivity contribution in [3.63, 3.8) is 0 Å². The number of ether oxygens (including phenoxy) is 2. The Morgan fingerprint density at radius 3 is 2.64 bits per heavy atom. The zero-order chi connectivity index (χ0) is 15.7. The van der Waals surface area contributed by atoms with Crippen molar-refractivity contribution in [2.24, 2.45) is 4.99 Å². The van der Waals surface area contributed by atoms with Crippen molar-refractivity contribution < 1.29 is 9.47 Å². The van der Waals surface area contributed by atoms with Crippen LogP contribution in [0.1, 0.15) is 18.1 Å². The van der Waals surface area contributed by atoms with Gasteiger partial charge in [0.1, 0.15) is 5.75 Å². The van der Waals surface area contributed by atoms with Crippen LogP contribution >= 0.6 is 24.0 Å². The first-order valence-corrected chi connectivity index (χ1v) is 7.20. The minimum atomic E-state index is 0. The molecule has 5 nitrogen and oxygen atoms in total. The fourth-order valence-electron chi connectivity index (χ4n) is 2.06. The van der Waals surface area contributed by atoms with E-state index in [-0.39, 0.29) is 30.0 Å². The molecule has 1 aromatic carbocycles. The SMILES string of the molecule is CN=C(NCCc1ccc(C)c(OC)c1)NC(C)COC.I. The standard InChI is InChI=1S/C16H27N3O2.HI/c1-12-6-7-14(10-15(12)21-5)8-9-18-16(17-3)19-13(2)11-20-4;/h6-7,10,13H,8-9,11H2,1-5H3,(H2,17,18,19);1H. The molecular formula is C16H28IN3O2. The molecule has 0 heterocycles. The predicted molar refractivity (Wildman–Crippen MR) is 103 cm³/mol. The van der Waals surface area contributed by atoms with E-state index in [1.165, 1.54) is 5.56 Å². The van der Waals surface area contributed by atoms with Crippen molar-refractivity contribution in [3.8, 4) is 5.75 Å². The highest BCUT2D eigenvalue weighted by Crippen LogP contribution is 2.18. The Morgan fingerprint density at radius 2 is 2.05 bits per heavy atom. The minimum Gasteiger partial charge on any atom is -0.496 e. The molecular weight excluding hydrogens is 393 g/mol. The highest BCUT2D eigenvalue weighted by molar-refractivity contribution is 14.0. The molecule has 2 N–H and O–H groups in total. The third kappa shape index (κ3) is 7.31. The summed E-state index contributed by atoms with van der Waals surface area (Å²) in [4.78, 5) is 4.20. The zero-order valence-corrected chi connectivity index (χ0v) is 16.4. The number of rotatable bonds is 7. The number of hydrogen-bond acceptors (Lipinski definition) is 3. The minimum absolute atomic E-state index is 0. The Morgan fingerprint density at radius 1 is 1.32 bits per heavy atom. The molecule has 0 saturated carbocycles. The summed E-state index contributed by atoms with van der Waals surface area (Å²) < 4.78 is 10.4. The van der Waals surface area contributed by atoms with Crippen LogP contribution in [0.3, 0.4) is 0 Å². The number of nitrogens with one attached hydrogen (secondary N) is 2. The molecule has 0 spiro atoms. The summed E-state index contributed by atoms with van der Waals surface area (Å²) in [5.74, 6) is 1.72. The molecule has 0 aromatic heterocycles. The summed E-state index contributed by atoms with van der Waals surface area (Å²) in [5, 5.41) is 6.58. The van der Waals surface area contributed by atoms with Crippen molar-refractivity contribution in [2.45, 2.75) is 26.3 Å². The van der Waals surface area contributed by atoms with E-state index >= 15 is 0 Å². The number of methoxy groups -OCH3 is 2. The second-order valence-electron chi connectivity index (χ2n) is 5.05. The van der Waals surface area contributed by atoms with Gasteiger partial charge in [-0.25, -0.2) is 0 Å². The summed E-state index contributed by atoms with van der Waals surface area (Å²) >= 11 is 0. The largest absolute Gasteiger partial charge is 0.496 e. The average molecular weight is 421 g/mol. The summed E-state index contributed by atoms with van der Waals surface area (Å²) in [6.45, 7) is 5.56. The van der Waals surface area contributed by atoms with E-state index in [9.17, 15) is 0 Å². The molecule has 6 heteroatoms. The molecule has 0 aliphatic rings. The molecule has 1 atom stereocenters. The van der Waals surface area contributed by atoms with Crippen LogP contribution in [0.15, 0.2) is 23.2 Å². The first-order chi connectivity index (χ1) is 10.1. The van der Waals surface area contributed by atoms with Gasteiger partial charge in [-0.05, 0) is 37.5 Å². The summed E-state index contributed by atoms with van der Waals surface area (Å²) in [6, 6.07) is 6.52. The molecule has 0 fully saturated rings. The Bertz CT molecular complexity index is 467. The van der Waals surface area contributed by atoms with E-state index < -0.39 is 0 Å². The van der Waals surface area contributed by atoms with Gasteiger partial charge < -0.3 is 20.1 Å². The Hall–Kier alpha value is -1.02. The van der Waals surface area contributed by atoms with Gasteiger partial charge in [-0.1, -0.05) is 12.1 Å². The van der Waals surface area contributed by atoms with E-state index in [0.717, 1.165) is 30.2 Å². The van der Waals surface area contributed by atoms with E-state index in [2.05, 4.69) is 40.7 Å². The van der Waals surface area contributed by atoms with Crippen LogP contribution in [0.25, 0.3) is 0 Å². The fourth-order valence-corrected chi connectivity index (χ4v) is 2.06. The first-order valence-electron chi connectivity index (χ1n) is 7.20. The number of nitrogens with zero attached hydrogens (tertiary/aromatic N) is 1. The van der Waals surface area contributed by atoms with Crippen LogP contribution in [0.5, 0.6) is 5.75 Å². The van der Waals surface area contributed by atoms with Gasteiger partial charge in [0.25, 0.3) is 0 Å². The van der Waals surface area contributed by atoms with Gasteiger partial charge in [-0.3, -0.25) is 4.99 Å². The predicted octanol–water partition coefficient (Wildman–Crippen LogP) is 2.36. The Balaban J connectivity index is 0.00000441. The Kier molecular flexibility index (Phi) is 11.0. The molecule has 1 unspecified atom stereocenters. The van der Waals surface area contributed by atoms with Crippen LogP contribution in [-0.2, 0) is 11.2 Å². The van der Waals surface area contributed by atoms with Crippen LogP contribution in [0.2, 0.25) is 0 Å². The maximum absolute atomic E-state index is 5.34. The van der Waals surface area contributed by atoms with Gasteiger partial charge in [-0.2, -0.15) is 0 Å². The third-order valence-corrected chi connectivity index (χ3v) is 3.20. The molecule has 0 bridgehead atoms. The summed E-state index contributed by atoms with van der Waals surface area (Å²) in [7, 11) is 5.16. The highest BCUT2D eigenvalue weighted by atomic mass is 127. The average Bonchev–Trinajstić information content (AvgIpc) is 2.48. The van der Waals surface area contributed by atoms with Crippen LogP contribution < -0.4 is 15.4 Å². The molecule has 0 radical (unpaired) electrons. The second-order valence-corrected chi connectivity index (χ2v) is 5.05. The van der Waals surface area contributed by atoms with Crippen LogP contribution in [0.4, 0.5) is 0 Å². The second kappa shape index (κ2) is 11.5. The maximum Gasteiger partial charge on any atom is 0.191 e. The number of aliphatic imine (C=N–C) groups is 1. The van der Waals surface area contributed by atoms with Gasteiger partial charge in [0.05, 0.1) is 13.7 Å². The normalized spacial score (nSPS) is 12.3. The lowest BCUT2D eigenvalue weighted by atomic mass is 10.1. The summed E-state index contributed by atoms with van der Waals surface area (Å²) in [6.07, 6.45) is 0.913. The lowest BCUT2D eigenvalue weighted by Gasteiger charge is -2.17. The van der Waals surface area contributed by atoms with Gasteiger partial charge >= 0.3 is 0 Å². The third-order valence-electron chi connectivity index (χ3n) is 3.20. The molecule has 0 aliphatic carbocycles. The molecule has 0 aliphatic heterocycles. The molecule has 1 aromatic rings. The quantitative estimate of drug-likeness (QED) is 0.403. The molecule has 22 heavy (non-hydrogen) atoms. The topological polar surface area (TPSA) is 54.9 Å². The van der Waals surface area contributed by atoms with Crippen molar-refractivity contribution >= 4 is 29.9 Å². The number of halogens is 1. The van der Waals surface area contributed by atoms with Crippen molar-refractivity contribution in [2.75, 3.05) is 34.4 Å². The highest BCUT2D eigenvalue weighted by Gasteiger charge is 2.05. The molecule has 126 valence electrons. The van der Waals surface area contributed by atoms with Gasteiger partial charge in [0, 0.05) is 26.7 Å². The fraction of sp³-hybridized carbons (Fsp3) is 0.562. The number of guanidine groups is 1. The lowest BCUT2D eigenvalue weighted by Crippen LogP contribution is -2.44. The van der Waals surface area contributed by atoms with Gasteiger partial charge in [0.2, 0.25) is 0 Å². The van der Waals surface area contributed by atoms with Crippen molar-refractivity contribution in [1.82, 2.24) is 10.6 Å². The monoisotopic (exact) mass is 421 g/mol. The van der Waals surface area contributed by atoms with E-state index in [0.29, 0.717) is 6.61 Å². The first kappa shape index (κ1) is 21.0.